The molecule has 1 aliphatic rings. The van der Waals surface area contributed by atoms with Gasteiger partial charge in [0.1, 0.15) is 11.9 Å². The molecule has 0 bridgehead atoms. The number of carbonyl (C=O) groups excluding carboxylic acids is 2. The second-order valence-corrected chi connectivity index (χ2v) is 8.67. The van der Waals surface area contributed by atoms with Crippen molar-refractivity contribution >= 4 is 11.8 Å². The average Bonchev–Trinajstić information content (AvgIpc) is 2.66. The van der Waals surface area contributed by atoms with Crippen molar-refractivity contribution in [2.45, 2.75) is 85.7 Å². The van der Waals surface area contributed by atoms with Crippen molar-refractivity contribution in [3.8, 4) is 0 Å². The number of aliphatic hydroxyl groups excluding tert-OH is 3. The molecule has 3 N–H and O–H groups in total. The van der Waals surface area contributed by atoms with Crippen LogP contribution in [0.2, 0.25) is 0 Å². The minimum absolute atomic E-state index is 0.0618. The normalized spacial score (nSPS) is 45.9. The smallest absolute Gasteiger partial charge is 0.311 e. The van der Waals surface area contributed by atoms with E-state index in [0.29, 0.717) is 12.8 Å². The summed E-state index contributed by atoms with van der Waals surface area (Å²) in [5.41, 5.74) is 0. The Morgan fingerprint density at radius 2 is 1.37 bits per heavy atom. The van der Waals surface area contributed by atoms with Gasteiger partial charge in [0, 0.05) is 23.7 Å². The van der Waals surface area contributed by atoms with Crippen LogP contribution >= 0.6 is 0 Å². The van der Waals surface area contributed by atoms with Gasteiger partial charge in [-0.1, -0.05) is 41.5 Å². The van der Waals surface area contributed by atoms with E-state index in [2.05, 4.69) is 0 Å². The molecule has 158 valence electrons. The maximum Gasteiger partial charge on any atom is 0.311 e. The van der Waals surface area contributed by atoms with Gasteiger partial charge in [0.15, 0.2) is 0 Å². The minimum atomic E-state index is -1.06. The van der Waals surface area contributed by atoms with Crippen LogP contribution in [0.1, 0.15) is 61.3 Å². The molecule has 0 spiro atoms. The van der Waals surface area contributed by atoms with Crippen LogP contribution in [0.3, 0.4) is 0 Å². The van der Waals surface area contributed by atoms with Crippen LogP contribution in [0.25, 0.3) is 0 Å². The predicted molar refractivity (Wildman–Crippen MR) is 103 cm³/mol. The second-order valence-electron chi connectivity index (χ2n) is 8.67. The predicted octanol–water partition coefficient (Wildman–Crippen LogP) is 2.18. The molecule has 6 nitrogen and oxygen atoms in total. The molecule has 10 atom stereocenters. The fourth-order valence-electron chi connectivity index (χ4n) is 4.24. The number of esters is 1. The van der Waals surface area contributed by atoms with E-state index in [1.54, 1.807) is 27.7 Å². The lowest BCUT2D eigenvalue weighted by Crippen LogP contribution is -2.45. The highest BCUT2D eigenvalue weighted by atomic mass is 16.5. The molecule has 0 aromatic rings. The summed E-state index contributed by atoms with van der Waals surface area (Å²) in [5, 5.41) is 31.9. The molecule has 1 heterocycles. The number of aliphatic hydroxyl groups is 3. The molecule has 1 aliphatic heterocycles. The molecule has 0 aliphatic carbocycles. The molecule has 0 aromatic heterocycles. The van der Waals surface area contributed by atoms with Crippen LogP contribution in [-0.2, 0) is 14.3 Å². The molecule has 1 saturated heterocycles. The third-order valence-electron chi connectivity index (χ3n) is 6.51. The standard InChI is InChI=1S/C21H38O6/c1-8-16-12(4)19(24)13(5)17(22)10(2)9-11(3)18(23)14(6)20(25)15(7)21(26)27-16/h10-16,18-20,23-25H,8-9H2,1-7H3/t10-,11+,12+,13+,14-,15-,16-,18+,19+,20+/m1/s1. The van der Waals surface area contributed by atoms with Crippen LogP contribution < -0.4 is 0 Å². The Balaban J connectivity index is 3.23. The number of ether oxygens (including phenoxy) is 1. The van der Waals surface area contributed by atoms with E-state index in [1.165, 1.54) is 0 Å². The summed E-state index contributed by atoms with van der Waals surface area (Å²) in [6.07, 6.45) is -2.43. The Morgan fingerprint density at radius 1 is 0.852 bits per heavy atom. The maximum atomic E-state index is 12.8. The Kier molecular flexibility index (Phi) is 8.90. The number of rotatable bonds is 1. The van der Waals surface area contributed by atoms with Gasteiger partial charge in [-0.25, -0.2) is 0 Å². The molecule has 27 heavy (non-hydrogen) atoms. The first-order valence-corrected chi connectivity index (χ1v) is 10.2. The zero-order valence-electron chi connectivity index (χ0n) is 17.8. The van der Waals surface area contributed by atoms with E-state index in [0.717, 1.165) is 0 Å². The second kappa shape index (κ2) is 9.99. The fourth-order valence-corrected chi connectivity index (χ4v) is 4.24. The SMILES string of the molecule is CC[C@H]1OC(=O)[C@H](C)[C@@H](O)[C@H](C)[C@@H](O)[C@@H](C)C[C@@H](C)C(=O)[C@H](C)[C@@H](O)[C@H]1C. The van der Waals surface area contributed by atoms with E-state index in [9.17, 15) is 24.9 Å². The minimum Gasteiger partial charge on any atom is -0.462 e. The highest BCUT2D eigenvalue weighted by Gasteiger charge is 2.39. The zero-order valence-corrected chi connectivity index (χ0v) is 17.8. The van der Waals surface area contributed by atoms with Crippen LogP contribution in [0.15, 0.2) is 0 Å². The fraction of sp³-hybridized carbons (Fsp3) is 0.905. The van der Waals surface area contributed by atoms with E-state index in [-0.39, 0.29) is 17.6 Å². The number of carbonyl (C=O) groups is 2. The van der Waals surface area contributed by atoms with Crippen molar-refractivity contribution in [1.82, 2.24) is 0 Å². The average molecular weight is 387 g/mol. The largest absolute Gasteiger partial charge is 0.462 e. The van der Waals surface area contributed by atoms with Gasteiger partial charge >= 0.3 is 5.97 Å². The van der Waals surface area contributed by atoms with Crippen LogP contribution in [0, 0.1) is 35.5 Å². The monoisotopic (exact) mass is 386 g/mol. The van der Waals surface area contributed by atoms with Crippen LogP contribution in [0.4, 0.5) is 0 Å². The van der Waals surface area contributed by atoms with Gasteiger partial charge in [-0.3, -0.25) is 9.59 Å². The molecule has 1 fully saturated rings. The van der Waals surface area contributed by atoms with Crippen molar-refractivity contribution in [1.29, 1.82) is 0 Å². The first-order valence-electron chi connectivity index (χ1n) is 10.2. The molecule has 6 heteroatoms. The number of Topliss-reactive ketones (excluding diaryl/α,β-unsaturated/α-hetero) is 1. The lowest BCUT2D eigenvalue weighted by molar-refractivity contribution is -0.166. The summed E-state index contributed by atoms with van der Waals surface area (Å²) in [7, 11) is 0. The van der Waals surface area contributed by atoms with E-state index in [1.807, 2.05) is 20.8 Å². The van der Waals surface area contributed by atoms with E-state index >= 15 is 0 Å². The third kappa shape index (κ3) is 5.52. The number of hydrogen-bond donors (Lipinski definition) is 3. The first-order chi connectivity index (χ1) is 12.4. The first kappa shape index (κ1) is 24.1. The van der Waals surface area contributed by atoms with Crippen molar-refractivity contribution in [3.63, 3.8) is 0 Å². The highest BCUT2D eigenvalue weighted by Crippen LogP contribution is 2.30. The van der Waals surface area contributed by atoms with Gasteiger partial charge < -0.3 is 20.1 Å². The number of cyclic esters (lactones) is 1. The molecule has 0 unspecified atom stereocenters. The Labute approximate surface area is 163 Å². The van der Waals surface area contributed by atoms with Crippen molar-refractivity contribution in [3.05, 3.63) is 0 Å². The van der Waals surface area contributed by atoms with Gasteiger partial charge in [-0.2, -0.15) is 0 Å². The van der Waals surface area contributed by atoms with Gasteiger partial charge in [0.05, 0.1) is 24.2 Å². The molecular formula is C21H38O6. The van der Waals surface area contributed by atoms with Crippen LogP contribution in [0.5, 0.6) is 0 Å². The van der Waals surface area contributed by atoms with Crippen molar-refractivity contribution < 1.29 is 29.6 Å². The lowest BCUT2D eigenvalue weighted by atomic mass is 9.77. The zero-order chi connectivity index (χ0) is 21.0. The third-order valence-corrected chi connectivity index (χ3v) is 6.51. The van der Waals surface area contributed by atoms with Crippen LogP contribution in [-0.4, -0.2) is 51.5 Å². The molecule has 0 saturated carbocycles. The topological polar surface area (TPSA) is 104 Å². The maximum absolute atomic E-state index is 12.8. The van der Waals surface area contributed by atoms with Gasteiger partial charge in [-0.05, 0) is 25.7 Å². The summed E-state index contributed by atoms with van der Waals surface area (Å²) in [4.78, 5) is 25.3. The molecule has 1 rings (SSSR count). The Morgan fingerprint density at radius 3 is 1.89 bits per heavy atom. The van der Waals surface area contributed by atoms with Crippen molar-refractivity contribution in [2.75, 3.05) is 0 Å². The summed E-state index contributed by atoms with van der Waals surface area (Å²) in [5.74, 6) is -3.48. The van der Waals surface area contributed by atoms with Gasteiger partial charge in [0.25, 0.3) is 0 Å². The number of hydrogen-bond acceptors (Lipinski definition) is 6. The highest BCUT2D eigenvalue weighted by molar-refractivity contribution is 5.83. The molecule has 0 amide bonds. The van der Waals surface area contributed by atoms with Crippen molar-refractivity contribution in [2.24, 2.45) is 35.5 Å². The molecule has 0 radical (unpaired) electrons. The Hall–Kier alpha value is -0.980. The molecule has 0 aromatic carbocycles. The van der Waals surface area contributed by atoms with Gasteiger partial charge in [0.2, 0.25) is 0 Å². The summed E-state index contributed by atoms with van der Waals surface area (Å²) in [6, 6.07) is 0. The summed E-state index contributed by atoms with van der Waals surface area (Å²) >= 11 is 0. The lowest BCUT2D eigenvalue weighted by Gasteiger charge is -2.35. The number of ketones is 1. The van der Waals surface area contributed by atoms with Gasteiger partial charge in [-0.15, -0.1) is 0 Å². The van der Waals surface area contributed by atoms with E-state index in [4.69, 9.17) is 4.74 Å². The summed E-state index contributed by atoms with van der Waals surface area (Å²) < 4.78 is 5.58. The van der Waals surface area contributed by atoms with E-state index < -0.39 is 54.1 Å². The quantitative estimate of drug-likeness (QED) is 0.597. The molecular weight excluding hydrogens is 348 g/mol. The summed E-state index contributed by atoms with van der Waals surface area (Å²) in [6.45, 7) is 12.3. The Bertz CT molecular complexity index is 507.